The van der Waals surface area contributed by atoms with E-state index >= 15 is 0 Å². The standard InChI is InChI=1S/C12H18N2O2.H2/c1-10(2)5-11(3,13-8-15)7-12(4,6-10)14-9-16;/h5-7H2,1-4H3;1H. The molecular formula is C12H20N2O2. The van der Waals surface area contributed by atoms with Crippen LogP contribution < -0.4 is 0 Å². The molecular weight excluding hydrogens is 204 g/mol. The zero-order valence-corrected chi connectivity index (χ0v) is 10.3. The Kier molecular flexibility index (Phi) is 3.18. The first-order chi connectivity index (χ1) is 7.24. The van der Waals surface area contributed by atoms with Crippen LogP contribution in [0, 0.1) is 5.41 Å². The molecule has 0 heterocycles. The molecule has 0 amide bonds. The lowest BCUT2D eigenvalue weighted by molar-refractivity contribution is 0.101. The lowest BCUT2D eigenvalue weighted by Crippen LogP contribution is -2.47. The van der Waals surface area contributed by atoms with Crippen molar-refractivity contribution < 1.29 is 11.0 Å². The van der Waals surface area contributed by atoms with Gasteiger partial charge in [0.05, 0.1) is 11.1 Å². The molecule has 1 rings (SSSR count). The SMILES string of the molecule is CC1(C)CC(C)(N=C=O)CC(C)(N=C=O)C1.[HH]. The monoisotopic (exact) mass is 224 g/mol. The second kappa shape index (κ2) is 3.97. The molecule has 4 nitrogen and oxygen atoms in total. The minimum absolute atomic E-state index is 0. The summed E-state index contributed by atoms with van der Waals surface area (Å²) in [5.41, 5.74) is -0.945. The average Bonchev–Trinajstić information content (AvgIpc) is 1.97. The molecule has 1 aliphatic carbocycles. The predicted octanol–water partition coefficient (Wildman–Crippen LogP) is 2.63. The highest BCUT2D eigenvalue weighted by Gasteiger charge is 2.47. The number of aliphatic imine (C=N–C) groups is 2. The van der Waals surface area contributed by atoms with Crippen molar-refractivity contribution in [3.63, 3.8) is 0 Å². The summed E-state index contributed by atoms with van der Waals surface area (Å²) in [6.45, 7) is 8.03. The average molecular weight is 224 g/mol. The van der Waals surface area contributed by atoms with E-state index in [1.54, 1.807) is 12.2 Å². The van der Waals surface area contributed by atoms with Gasteiger partial charge in [0.15, 0.2) is 0 Å². The van der Waals surface area contributed by atoms with E-state index in [2.05, 4.69) is 23.8 Å². The van der Waals surface area contributed by atoms with Crippen molar-refractivity contribution in [3.05, 3.63) is 0 Å². The van der Waals surface area contributed by atoms with Crippen molar-refractivity contribution in [2.45, 2.75) is 58.0 Å². The molecule has 0 aromatic carbocycles. The fourth-order valence-corrected chi connectivity index (χ4v) is 3.45. The maximum absolute atomic E-state index is 10.5. The van der Waals surface area contributed by atoms with Crippen LogP contribution in [-0.2, 0) is 9.59 Å². The number of hydrogen-bond donors (Lipinski definition) is 0. The van der Waals surface area contributed by atoms with E-state index in [0.717, 1.165) is 12.8 Å². The molecule has 0 radical (unpaired) electrons. The van der Waals surface area contributed by atoms with E-state index in [1.807, 2.05) is 13.8 Å². The number of isocyanates is 2. The summed E-state index contributed by atoms with van der Waals surface area (Å²) >= 11 is 0. The molecule has 1 aliphatic rings. The second-order valence-corrected chi connectivity index (χ2v) is 6.09. The Bertz CT molecular complexity index is 350. The Morgan fingerprint density at radius 3 is 1.56 bits per heavy atom. The Labute approximate surface area is 97.3 Å². The second-order valence-electron chi connectivity index (χ2n) is 6.09. The van der Waals surface area contributed by atoms with Gasteiger partial charge in [-0.2, -0.15) is 9.98 Å². The fraction of sp³-hybridized carbons (Fsp3) is 0.833. The van der Waals surface area contributed by atoms with Crippen molar-refractivity contribution in [2.24, 2.45) is 15.4 Å². The highest BCUT2D eigenvalue weighted by atomic mass is 16.1. The highest BCUT2D eigenvalue weighted by molar-refractivity contribution is 5.37. The van der Waals surface area contributed by atoms with Crippen LogP contribution in [0.2, 0.25) is 0 Å². The number of hydrogen-bond acceptors (Lipinski definition) is 4. The van der Waals surface area contributed by atoms with Crippen LogP contribution in [-0.4, -0.2) is 23.2 Å². The van der Waals surface area contributed by atoms with E-state index in [4.69, 9.17) is 0 Å². The topological polar surface area (TPSA) is 58.9 Å². The maximum atomic E-state index is 10.5. The van der Waals surface area contributed by atoms with Crippen LogP contribution in [0.4, 0.5) is 0 Å². The van der Waals surface area contributed by atoms with Crippen molar-refractivity contribution >= 4 is 12.2 Å². The molecule has 2 atom stereocenters. The zero-order chi connectivity index (χ0) is 12.4. The molecule has 2 unspecified atom stereocenters. The molecule has 0 spiro atoms. The van der Waals surface area contributed by atoms with E-state index < -0.39 is 11.1 Å². The van der Waals surface area contributed by atoms with Crippen LogP contribution in [0.3, 0.4) is 0 Å². The Balaban J connectivity index is 0.00000256. The van der Waals surface area contributed by atoms with Crippen molar-refractivity contribution in [1.29, 1.82) is 0 Å². The van der Waals surface area contributed by atoms with Crippen molar-refractivity contribution in [2.75, 3.05) is 0 Å². The van der Waals surface area contributed by atoms with Crippen LogP contribution in [0.25, 0.3) is 0 Å². The number of nitrogens with zero attached hydrogens (tertiary/aromatic N) is 2. The van der Waals surface area contributed by atoms with Gasteiger partial charge in [-0.25, -0.2) is 9.59 Å². The molecule has 1 saturated carbocycles. The Hall–Kier alpha value is -1.24. The summed E-state index contributed by atoms with van der Waals surface area (Å²) in [4.78, 5) is 28.7. The number of carbonyl (C=O) groups excluding carboxylic acids is 2. The van der Waals surface area contributed by atoms with E-state index in [0.29, 0.717) is 6.42 Å². The predicted molar refractivity (Wildman–Crippen MR) is 62.8 cm³/mol. The van der Waals surface area contributed by atoms with Crippen LogP contribution in [0.1, 0.15) is 48.4 Å². The zero-order valence-electron chi connectivity index (χ0n) is 10.3. The normalized spacial score (nSPS) is 37.0. The Morgan fingerprint density at radius 2 is 1.25 bits per heavy atom. The van der Waals surface area contributed by atoms with Gasteiger partial charge in [-0.05, 0) is 38.5 Å². The van der Waals surface area contributed by atoms with E-state index in [-0.39, 0.29) is 6.84 Å². The lowest BCUT2D eigenvalue weighted by atomic mass is 9.62. The van der Waals surface area contributed by atoms with Gasteiger partial charge in [0.1, 0.15) is 0 Å². The van der Waals surface area contributed by atoms with Gasteiger partial charge in [0, 0.05) is 1.43 Å². The minimum atomic E-state index is -0.474. The van der Waals surface area contributed by atoms with Gasteiger partial charge in [-0.15, -0.1) is 0 Å². The van der Waals surface area contributed by atoms with Crippen LogP contribution in [0.15, 0.2) is 9.98 Å². The molecule has 0 aromatic heterocycles. The lowest BCUT2D eigenvalue weighted by Gasteiger charge is -2.47. The Morgan fingerprint density at radius 1 is 0.875 bits per heavy atom. The third kappa shape index (κ3) is 2.88. The molecule has 1 fully saturated rings. The summed E-state index contributed by atoms with van der Waals surface area (Å²) < 4.78 is 0. The van der Waals surface area contributed by atoms with Crippen molar-refractivity contribution in [1.82, 2.24) is 0 Å². The van der Waals surface area contributed by atoms with E-state index in [1.165, 1.54) is 0 Å². The van der Waals surface area contributed by atoms with Gasteiger partial charge in [0.25, 0.3) is 0 Å². The van der Waals surface area contributed by atoms with Crippen molar-refractivity contribution in [3.8, 4) is 0 Å². The van der Waals surface area contributed by atoms with Gasteiger partial charge in [-0.3, -0.25) is 0 Å². The van der Waals surface area contributed by atoms with E-state index in [9.17, 15) is 9.59 Å². The molecule has 16 heavy (non-hydrogen) atoms. The van der Waals surface area contributed by atoms with Gasteiger partial charge in [-0.1, -0.05) is 13.8 Å². The summed E-state index contributed by atoms with van der Waals surface area (Å²) in [6, 6.07) is 0. The largest absolute Gasteiger partial charge is 0.235 e. The molecule has 0 N–H and O–H groups in total. The fourth-order valence-electron chi connectivity index (χ4n) is 3.45. The first kappa shape index (κ1) is 12.8. The summed E-state index contributed by atoms with van der Waals surface area (Å²) in [5.74, 6) is 0. The molecule has 0 saturated heterocycles. The third-order valence-electron chi connectivity index (χ3n) is 3.11. The summed E-state index contributed by atoms with van der Waals surface area (Å²) in [5, 5.41) is 0. The quantitative estimate of drug-likeness (QED) is 0.534. The number of rotatable bonds is 2. The molecule has 0 bridgehead atoms. The molecule has 0 aromatic rings. The summed E-state index contributed by atoms with van der Waals surface area (Å²) in [6.07, 6.45) is 5.46. The smallest absolute Gasteiger partial charge is 0.211 e. The van der Waals surface area contributed by atoms with Crippen LogP contribution >= 0.6 is 0 Å². The summed E-state index contributed by atoms with van der Waals surface area (Å²) in [7, 11) is 0. The third-order valence-corrected chi connectivity index (χ3v) is 3.11. The highest BCUT2D eigenvalue weighted by Crippen LogP contribution is 2.48. The maximum Gasteiger partial charge on any atom is 0.235 e. The van der Waals surface area contributed by atoms with Gasteiger partial charge < -0.3 is 0 Å². The molecule has 4 heteroatoms. The van der Waals surface area contributed by atoms with Gasteiger partial charge in [0.2, 0.25) is 12.2 Å². The molecule has 0 aliphatic heterocycles. The van der Waals surface area contributed by atoms with Gasteiger partial charge >= 0.3 is 0 Å². The minimum Gasteiger partial charge on any atom is -0.211 e. The van der Waals surface area contributed by atoms with Crippen LogP contribution in [0.5, 0.6) is 0 Å². The first-order valence-electron chi connectivity index (χ1n) is 5.42. The first-order valence-corrected chi connectivity index (χ1v) is 5.42. The molecule has 90 valence electrons.